The van der Waals surface area contributed by atoms with Gasteiger partial charge in [-0.1, -0.05) is 0 Å². The monoisotopic (exact) mass is 496 g/mol. The predicted octanol–water partition coefficient (Wildman–Crippen LogP) is 2.97. The summed E-state index contributed by atoms with van der Waals surface area (Å²) < 4.78 is 40.7. The van der Waals surface area contributed by atoms with E-state index in [4.69, 9.17) is 14.2 Å². The lowest BCUT2D eigenvalue weighted by atomic mass is 10.0. The van der Waals surface area contributed by atoms with Crippen molar-refractivity contribution >= 4 is 24.1 Å². The number of aldehydes is 1. The Bertz CT molecular complexity index is 1060. The first-order valence-electron chi connectivity index (χ1n) is 10.8. The van der Waals surface area contributed by atoms with Crippen LogP contribution in [0.25, 0.3) is 0 Å². The number of H-pyrrole nitrogens is 1. The number of methoxy groups -OCH3 is 1. The minimum absolute atomic E-state index is 0.0151. The van der Waals surface area contributed by atoms with Crippen LogP contribution in [0.4, 0.5) is 19.4 Å². The molecule has 0 unspecified atom stereocenters. The Kier molecular flexibility index (Phi) is 8.44. The number of carbonyl (C=O) groups excluding carboxylic acids is 3. The summed E-state index contributed by atoms with van der Waals surface area (Å²) >= 11 is 0. The number of amides is 2. The van der Waals surface area contributed by atoms with Crippen molar-refractivity contribution in [2.45, 2.75) is 50.7 Å². The van der Waals surface area contributed by atoms with Crippen LogP contribution in [0.1, 0.15) is 48.2 Å². The maximum absolute atomic E-state index is 12.5. The molecule has 3 atom stereocenters. The second kappa shape index (κ2) is 11.5. The number of aromatic nitrogens is 2. The molecule has 190 valence electrons. The van der Waals surface area contributed by atoms with Crippen LogP contribution in [0.5, 0.6) is 17.2 Å². The van der Waals surface area contributed by atoms with E-state index in [0.29, 0.717) is 25.5 Å². The van der Waals surface area contributed by atoms with E-state index < -0.39 is 37.2 Å². The zero-order chi connectivity index (χ0) is 25.5. The van der Waals surface area contributed by atoms with E-state index in [2.05, 4.69) is 20.8 Å². The molecule has 1 aromatic heterocycles. The molecule has 0 aliphatic heterocycles. The van der Waals surface area contributed by atoms with Crippen molar-refractivity contribution in [2.24, 2.45) is 0 Å². The van der Waals surface area contributed by atoms with Crippen molar-refractivity contribution in [1.82, 2.24) is 15.5 Å². The van der Waals surface area contributed by atoms with Crippen LogP contribution in [-0.4, -0.2) is 65.9 Å². The minimum Gasteiger partial charge on any atom is -0.507 e. The fourth-order valence-corrected chi connectivity index (χ4v) is 3.64. The van der Waals surface area contributed by atoms with Crippen molar-refractivity contribution < 1.29 is 42.5 Å². The minimum atomic E-state index is -2.68. The van der Waals surface area contributed by atoms with Gasteiger partial charge in [0.25, 0.3) is 12.3 Å². The molecule has 1 aromatic carbocycles. The van der Waals surface area contributed by atoms with Crippen LogP contribution >= 0.6 is 0 Å². The predicted molar refractivity (Wildman–Crippen MR) is 118 cm³/mol. The molecular weight excluding hydrogens is 470 g/mol. The molecule has 1 aliphatic carbocycles. The number of carbonyl (C=O) groups is 3. The van der Waals surface area contributed by atoms with E-state index in [-0.39, 0.29) is 34.5 Å². The van der Waals surface area contributed by atoms with Crippen molar-refractivity contribution in [3.05, 3.63) is 29.5 Å². The summed E-state index contributed by atoms with van der Waals surface area (Å²) in [5.41, 5.74) is 0.602. The molecule has 2 aromatic rings. The molecule has 0 bridgehead atoms. The molecule has 0 saturated heterocycles. The lowest BCUT2D eigenvalue weighted by Crippen LogP contribution is -2.39. The number of rotatable bonds is 10. The third-order valence-corrected chi connectivity index (χ3v) is 5.49. The molecule has 11 nitrogen and oxygen atoms in total. The SMILES string of the molecule is COc1cc(O)c(C=O)c(OCC(=O)Nc2cc([C@H]3CC[C@@H](OC(=O)N[C@@H](C)C(F)F)C3)[nH]n2)c1. The molecule has 35 heavy (non-hydrogen) atoms. The van der Waals surface area contributed by atoms with Gasteiger partial charge in [0.05, 0.1) is 18.7 Å². The lowest BCUT2D eigenvalue weighted by Gasteiger charge is -2.16. The summed E-state index contributed by atoms with van der Waals surface area (Å²) in [5, 5.41) is 21.4. The Balaban J connectivity index is 1.50. The Morgan fingerprint density at radius 1 is 1.31 bits per heavy atom. The number of hydrogen-bond donors (Lipinski definition) is 4. The second-order valence-electron chi connectivity index (χ2n) is 8.03. The molecule has 2 amide bonds. The van der Waals surface area contributed by atoms with E-state index in [1.165, 1.54) is 26.2 Å². The third kappa shape index (κ3) is 6.80. The van der Waals surface area contributed by atoms with Crippen LogP contribution in [0, 0.1) is 0 Å². The number of benzene rings is 1. The number of hydrogen-bond acceptors (Lipinski definition) is 8. The second-order valence-corrected chi connectivity index (χ2v) is 8.03. The van der Waals surface area contributed by atoms with E-state index >= 15 is 0 Å². The zero-order valence-corrected chi connectivity index (χ0v) is 19.0. The first-order valence-corrected chi connectivity index (χ1v) is 10.8. The number of anilines is 1. The highest BCUT2D eigenvalue weighted by molar-refractivity contribution is 5.91. The molecule has 4 N–H and O–H groups in total. The van der Waals surface area contributed by atoms with Crippen molar-refractivity contribution in [1.29, 1.82) is 0 Å². The summed E-state index contributed by atoms with van der Waals surface area (Å²) in [5.74, 6) is -0.444. The number of phenolic OH excluding ortho intramolecular Hbond substituents is 1. The maximum Gasteiger partial charge on any atom is 0.407 e. The summed E-state index contributed by atoms with van der Waals surface area (Å²) in [6.07, 6.45) is -1.88. The molecular formula is C22H26F2N4O7. The van der Waals surface area contributed by atoms with Gasteiger partial charge in [0.1, 0.15) is 23.4 Å². The third-order valence-electron chi connectivity index (χ3n) is 5.49. The summed E-state index contributed by atoms with van der Waals surface area (Å²) in [7, 11) is 1.38. The van der Waals surface area contributed by atoms with Crippen LogP contribution in [0.15, 0.2) is 18.2 Å². The summed E-state index contributed by atoms with van der Waals surface area (Å²) in [6, 6.07) is 2.95. The smallest absolute Gasteiger partial charge is 0.407 e. The van der Waals surface area contributed by atoms with E-state index in [0.717, 1.165) is 5.69 Å². The number of nitrogens with one attached hydrogen (secondary N) is 3. The highest BCUT2D eigenvalue weighted by atomic mass is 19.3. The molecule has 1 aliphatic rings. The number of phenols is 1. The summed E-state index contributed by atoms with van der Waals surface area (Å²) in [6.45, 7) is 0.734. The first kappa shape index (κ1) is 25.7. The van der Waals surface area contributed by atoms with Crippen molar-refractivity contribution in [3.8, 4) is 17.2 Å². The largest absolute Gasteiger partial charge is 0.507 e. The Morgan fingerprint density at radius 3 is 2.77 bits per heavy atom. The molecule has 0 radical (unpaired) electrons. The van der Waals surface area contributed by atoms with Gasteiger partial charge >= 0.3 is 6.09 Å². The van der Waals surface area contributed by atoms with Crippen molar-refractivity contribution in [2.75, 3.05) is 19.0 Å². The fraction of sp³-hybridized carbons (Fsp3) is 0.455. The first-order chi connectivity index (χ1) is 16.7. The van der Waals surface area contributed by atoms with Gasteiger partial charge in [0, 0.05) is 29.8 Å². The number of aromatic hydroxyl groups is 1. The van der Waals surface area contributed by atoms with Gasteiger partial charge in [-0.15, -0.1) is 0 Å². The van der Waals surface area contributed by atoms with Gasteiger partial charge in [0.2, 0.25) is 0 Å². The molecule has 0 spiro atoms. The van der Waals surface area contributed by atoms with Gasteiger partial charge in [0.15, 0.2) is 18.7 Å². The topological polar surface area (TPSA) is 152 Å². The van der Waals surface area contributed by atoms with Crippen molar-refractivity contribution in [3.63, 3.8) is 0 Å². The van der Waals surface area contributed by atoms with E-state index in [9.17, 15) is 28.3 Å². The number of alkyl halides is 2. The molecule has 13 heteroatoms. The number of aromatic amines is 1. The normalized spacial score (nSPS) is 18.1. The van der Waals surface area contributed by atoms with Gasteiger partial charge in [-0.05, 0) is 26.2 Å². The van der Waals surface area contributed by atoms with Gasteiger partial charge in [-0.25, -0.2) is 13.6 Å². The Labute approximate surface area is 199 Å². The maximum atomic E-state index is 12.5. The standard InChI is InChI=1S/C22H26F2N4O7/c1-11(21(23)24)25-22(32)35-13-4-3-12(5-13)16-8-19(28-27-16)26-20(31)10-34-18-7-14(33-2)6-17(30)15(18)9-29/h6-9,11-13,21,30H,3-5,10H2,1-2H3,(H,25,32)(H2,26,27,28,31)/t11-,12-,13+/m0/s1. The fourth-order valence-electron chi connectivity index (χ4n) is 3.64. The summed E-state index contributed by atoms with van der Waals surface area (Å²) in [4.78, 5) is 35.2. The van der Waals surface area contributed by atoms with Crippen LogP contribution in [0.2, 0.25) is 0 Å². The lowest BCUT2D eigenvalue weighted by molar-refractivity contribution is -0.118. The van der Waals surface area contributed by atoms with E-state index in [1.54, 1.807) is 6.07 Å². The number of ether oxygens (including phenoxy) is 3. The Morgan fingerprint density at radius 2 is 2.09 bits per heavy atom. The number of nitrogens with zero attached hydrogens (tertiary/aromatic N) is 1. The zero-order valence-electron chi connectivity index (χ0n) is 19.0. The van der Waals surface area contributed by atoms with E-state index in [1.807, 2.05) is 0 Å². The molecule has 1 fully saturated rings. The molecule has 3 rings (SSSR count). The van der Waals surface area contributed by atoms with Gasteiger partial charge in [-0.3, -0.25) is 14.7 Å². The number of alkyl carbamates (subject to hydrolysis) is 1. The van der Waals surface area contributed by atoms with Gasteiger partial charge < -0.3 is 30.0 Å². The average Bonchev–Trinajstić information content (AvgIpc) is 3.46. The highest BCUT2D eigenvalue weighted by Crippen LogP contribution is 2.36. The van der Waals surface area contributed by atoms with Gasteiger partial charge in [-0.2, -0.15) is 5.10 Å². The number of halogens is 2. The highest BCUT2D eigenvalue weighted by Gasteiger charge is 2.31. The Hall–Kier alpha value is -3.90. The van der Waals surface area contributed by atoms with Crippen LogP contribution in [-0.2, 0) is 9.53 Å². The van der Waals surface area contributed by atoms with Crippen LogP contribution in [0.3, 0.4) is 0 Å². The average molecular weight is 496 g/mol. The molecule has 1 heterocycles. The quantitative estimate of drug-likeness (QED) is 0.367. The molecule has 1 saturated carbocycles. The van der Waals surface area contributed by atoms with Crippen LogP contribution < -0.4 is 20.1 Å².